The number of alkyl halides is 3. The van der Waals surface area contributed by atoms with Gasteiger partial charge in [0.25, 0.3) is 5.91 Å². The van der Waals surface area contributed by atoms with Crippen LogP contribution in [0.4, 0.5) is 24.5 Å². The topological polar surface area (TPSA) is 93.9 Å². The number of amides is 1. The minimum atomic E-state index is -4.57. The Kier molecular flexibility index (Phi) is 6.30. The summed E-state index contributed by atoms with van der Waals surface area (Å²) in [6.45, 7) is 4.16. The van der Waals surface area contributed by atoms with Crippen molar-refractivity contribution in [3.63, 3.8) is 0 Å². The van der Waals surface area contributed by atoms with E-state index in [1.165, 1.54) is 13.0 Å². The molecule has 0 saturated carbocycles. The smallest absolute Gasteiger partial charge is 0.416 e. The number of aromatic nitrogens is 1. The number of esters is 1. The van der Waals surface area contributed by atoms with Gasteiger partial charge in [0.15, 0.2) is 6.61 Å². The molecule has 0 unspecified atom stereocenters. The molecule has 1 N–H and O–H groups in total. The number of ether oxygens (including phenoxy) is 2. The Morgan fingerprint density at radius 2 is 1.93 bits per heavy atom. The van der Waals surface area contributed by atoms with Gasteiger partial charge in [-0.2, -0.15) is 13.2 Å². The molecule has 0 radical (unpaired) electrons. The lowest BCUT2D eigenvalue weighted by molar-refractivity contribution is -0.137. The number of nitrogens with zero attached hydrogens (tertiary/aromatic N) is 2. The summed E-state index contributed by atoms with van der Waals surface area (Å²) in [5, 5.41) is 6.04. The number of aryl methyl sites for hydroxylation is 2. The highest BCUT2D eigenvalue weighted by Crippen LogP contribution is 2.35. The van der Waals surface area contributed by atoms with Gasteiger partial charge in [-0.15, -0.1) is 0 Å². The van der Waals surface area contributed by atoms with E-state index in [2.05, 4.69) is 10.5 Å². The first-order chi connectivity index (χ1) is 14.2. The fourth-order valence-electron chi connectivity index (χ4n) is 3.06. The molecule has 30 heavy (non-hydrogen) atoms. The second kappa shape index (κ2) is 8.74. The number of hydrogen-bond donors (Lipinski definition) is 1. The fraction of sp³-hybridized carbons (Fsp3) is 0.421. The van der Waals surface area contributed by atoms with Crippen LogP contribution in [0.3, 0.4) is 0 Å². The second-order valence-corrected chi connectivity index (χ2v) is 6.65. The molecule has 1 aromatic heterocycles. The van der Waals surface area contributed by atoms with E-state index in [-0.39, 0.29) is 17.0 Å². The van der Waals surface area contributed by atoms with E-state index in [1.54, 1.807) is 6.92 Å². The molecule has 0 atom stereocenters. The molecule has 0 bridgehead atoms. The molecule has 1 saturated heterocycles. The van der Waals surface area contributed by atoms with Gasteiger partial charge < -0.3 is 24.2 Å². The average molecular weight is 427 g/mol. The summed E-state index contributed by atoms with van der Waals surface area (Å²) in [7, 11) is 0. The highest BCUT2D eigenvalue weighted by Gasteiger charge is 2.32. The first-order valence-electron chi connectivity index (χ1n) is 9.10. The van der Waals surface area contributed by atoms with E-state index in [9.17, 15) is 22.8 Å². The molecule has 8 nitrogen and oxygen atoms in total. The molecule has 3 rings (SSSR count). The first-order valence-corrected chi connectivity index (χ1v) is 9.10. The maximum absolute atomic E-state index is 13.1. The second-order valence-electron chi connectivity index (χ2n) is 6.65. The van der Waals surface area contributed by atoms with Gasteiger partial charge in [0.05, 0.1) is 35.8 Å². The van der Waals surface area contributed by atoms with Crippen molar-refractivity contribution in [2.75, 3.05) is 43.1 Å². The van der Waals surface area contributed by atoms with Crippen LogP contribution in [0, 0.1) is 13.8 Å². The van der Waals surface area contributed by atoms with E-state index in [1.807, 2.05) is 4.90 Å². The molecule has 162 valence electrons. The Balaban J connectivity index is 1.74. The predicted octanol–water partition coefficient (Wildman–Crippen LogP) is 2.94. The highest BCUT2D eigenvalue weighted by molar-refractivity contribution is 5.98. The molecule has 1 aliphatic heterocycles. The predicted molar refractivity (Wildman–Crippen MR) is 99.4 cm³/mol. The summed E-state index contributed by atoms with van der Waals surface area (Å²) in [4.78, 5) is 26.2. The normalized spacial score (nSPS) is 14.5. The number of hydrogen-bond acceptors (Lipinski definition) is 7. The van der Waals surface area contributed by atoms with Crippen LogP contribution in [-0.2, 0) is 20.4 Å². The number of nitrogens with one attached hydrogen (secondary N) is 1. The Bertz CT molecular complexity index is 916. The van der Waals surface area contributed by atoms with Crippen LogP contribution >= 0.6 is 0 Å². The average Bonchev–Trinajstić information content (AvgIpc) is 3.04. The third-order valence-corrected chi connectivity index (χ3v) is 4.52. The largest absolute Gasteiger partial charge is 0.452 e. The SMILES string of the molecule is Cc1noc(C)c1C(=O)OCC(=O)Nc1cc(C(F)(F)F)ccc1N1CCOCC1. The van der Waals surface area contributed by atoms with Crippen molar-refractivity contribution in [3.8, 4) is 0 Å². The van der Waals surface area contributed by atoms with Gasteiger partial charge in [0.2, 0.25) is 0 Å². The lowest BCUT2D eigenvalue weighted by Crippen LogP contribution is -2.37. The molecule has 1 aromatic carbocycles. The molecular weight excluding hydrogens is 407 g/mol. The number of rotatable bonds is 5. The van der Waals surface area contributed by atoms with Crippen LogP contribution in [-0.4, -0.2) is 49.9 Å². The van der Waals surface area contributed by atoms with Crippen molar-refractivity contribution in [2.45, 2.75) is 20.0 Å². The zero-order chi connectivity index (χ0) is 21.9. The minimum Gasteiger partial charge on any atom is -0.452 e. The summed E-state index contributed by atoms with van der Waals surface area (Å²) in [6, 6.07) is 3.12. The zero-order valence-electron chi connectivity index (χ0n) is 16.3. The van der Waals surface area contributed by atoms with E-state index in [0.717, 1.165) is 12.1 Å². The number of benzene rings is 1. The summed E-state index contributed by atoms with van der Waals surface area (Å²) in [5.74, 6) is -1.34. The molecule has 0 aliphatic carbocycles. The quantitative estimate of drug-likeness (QED) is 0.734. The van der Waals surface area contributed by atoms with Crippen molar-refractivity contribution in [1.82, 2.24) is 5.16 Å². The van der Waals surface area contributed by atoms with Gasteiger partial charge in [-0.25, -0.2) is 4.79 Å². The van der Waals surface area contributed by atoms with Crippen LogP contribution < -0.4 is 10.2 Å². The van der Waals surface area contributed by atoms with Crippen molar-refractivity contribution >= 4 is 23.3 Å². The summed E-state index contributed by atoms with van der Waals surface area (Å²) >= 11 is 0. The van der Waals surface area contributed by atoms with E-state index in [4.69, 9.17) is 14.0 Å². The molecule has 0 spiro atoms. The molecule has 2 aromatic rings. The van der Waals surface area contributed by atoms with Crippen LogP contribution in [0.2, 0.25) is 0 Å². The van der Waals surface area contributed by atoms with Crippen molar-refractivity contribution in [3.05, 3.63) is 40.8 Å². The van der Waals surface area contributed by atoms with Gasteiger partial charge in [0.1, 0.15) is 11.3 Å². The summed E-state index contributed by atoms with van der Waals surface area (Å²) in [5.41, 5.74) is -0.0781. The van der Waals surface area contributed by atoms with Crippen LogP contribution in [0.5, 0.6) is 0 Å². The molecule has 1 fully saturated rings. The third kappa shape index (κ3) is 4.90. The minimum absolute atomic E-state index is 0.0230. The van der Waals surface area contributed by atoms with Gasteiger partial charge in [-0.05, 0) is 32.0 Å². The van der Waals surface area contributed by atoms with Gasteiger partial charge in [0, 0.05) is 13.1 Å². The monoisotopic (exact) mass is 427 g/mol. The van der Waals surface area contributed by atoms with Crippen molar-refractivity contribution < 1.29 is 36.8 Å². The summed E-state index contributed by atoms with van der Waals surface area (Å²) in [6.07, 6.45) is -4.57. The molecule has 2 heterocycles. The Hall–Kier alpha value is -3.08. The van der Waals surface area contributed by atoms with E-state index < -0.39 is 30.2 Å². The zero-order valence-corrected chi connectivity index (χ0v) is 16.3. The molecular formula is C19H20F3N3O5. The number of anilines is 2. The molecule has 1 aliphatic rings. The Morgan fingerprint density at radius 1 is 1.23 bits per heavy atom. The van der Waals surface area contributed by atoms with Crippen molar-refractivity contribution in [1.29, 1.82) is 0 Å². The first kappa shape index (κ1) is 21.6. The van der Waals surface area contributed by atoms with Gasteiger partial charge >= 0.3 is 12.1 Å². The van der Waals surface area contributed by atoms with Gasteiger partial charge in [-0.1, -0.05) is 5.16 Å². The Morgan fingerprint density at radius 3 is 2.53 bits per heavy atom. The van der Waals surface area contributed by atoms with Gasteiger partial charge in [-0.3, -0.25) is 4.79 Å². The maximum atomic E-state index is 13.1. The van der Waals surface area contributed by atoms with Crippen molar-refractivity contribution in [2.24, 2.45) is 0 Å². The fourth-order valence-corrected chi connectivity index (χ4v) is 3.06. The molecule has 1 amide bonds. The number of carbonyl (C=O) groups excluding carboxylic acids is 2. The van der Waals surface area contributed by atoms with Crippen LogP contribution in [0.15, 0.2) is 22.7 Å². The van der Waals surface area contributed by atoms with E-state index >= 15 is 0 Å². The highest BCUT2D eigenvalue weighted by atomic mass is 19.4. The number of morpholine rings is 1. The van der Waals surface area contributed by atoms with Crippen LogP contribution in [0.1, 0.15) is 27.4 Å². The van der Waals surface area contributed by atoms with E-state index in [0.29, 0.717) is 37.7 Å². The number of carbonyl (C=O) groups is 2. The lowest BCUT2D eigenvalue weighted by atomic mass is 10.1. The molecule has 11 heteroatoms. The third-order valence-electron chi connectivity index (χ3n) is 4.52. The Labute approximate surface area is 169 Å². The number of halogens is 3. The lowest BCUT2D eigenvalue weighted by Gasteiger charge is -2.31. The van der Waals surface area contributed by atoms with Crippen LogP contribution in [0.25, 0.3) is 0 Å². The maximum Gasteiger partial charge on any atom is 0.416 e. The standard InChI is InChI=1S/C19H20F3N3O5/c1-11-17(12(2)30-24-11)18(27)29-10-16(26)23-14-9-13(19(20,21)22)3-4-15(14)25-5-7-28-8-6-25/h3-4,9H,5-8,10H2,1-2H3,(H,23,26). The summed E-state index contributed by atoms with van der Waals surface area (Å²) < 4.78 is 54.5.